The van der Waals surface area contributed by atoms with E-state index in [4.69, 9.17) is 0 Å². The molecule has 0 N–H and O–H groups in total. The van der Waals surface area contributed by atoms with Gasteiger partial charge >= 0.3 is 0 Å². The Kier molecular flexibility index (Phi) is 2.82. The molecule has 1 saturated heterocycles. The molecule has 1 aliphatic heterocycles. The van der Waals surface area contributed by atoms with Crippen molar-refractivity contribution in [2.45, 2.75) is 39.8 Å². The Labute approximate surface area is 105 Å². The van der Waals surface area contributed by atoms with Gasteiger partial charge in [-0.25, -0.2) is 0 Å². The molecule has 1 aromatic carbocycles. The minimum atomic E-state index is -2.30. The average Bonchev–Trinajstić information content (AvgIpc) is 2.39. The van der Waals surface area contributed by atoms with Crippen LogP contribution in [-0.4, -0.2) is 11.3 Å². The van der Waals surface area contributed by atoms with Crippen LogP contribution in [0.5, 0.6) is 0 Å². The van der Waals surface area contributed by atoms with Crippen molar-refractivity contribution in [2.24, 2.45) is 11.3 Å². The minimum absolute atomic E-state index is 0.0994. The summed E-state index contributed by atoms with van der Waals surface area (Å²) in [6, 6.07) is 10.1. The van der Waals surface area contributed by atoms with Crippen LogP contribution in [-0.2, 0) is 4.57 Å². The molecule has 2 atom stereocenters. The quantitative estimate of drug-likeness (QED) is 0.685. The first-order valence-electron chi connectivity index (χ1n) is 6.36. The van der Waals surface area contributed by atoms with Crippen LogP contribution in [0, 0.1) is 11.3 Å². The Morgan fingerprint density at radius 3 is 2.06 bits per heavy atom. The first-order chi connectivity index (χ1) is 7.72. The molecule has 0 radical (unpaired) electrons. The van der Waals surface area contributed by atoms with Crippen molar-refractivity contribution in [1.82, 2.24) is 0 Å². The third-order valence-electron chi connectivity index (χ3n) is 4.97. The van der Waals surface area contributed by atoms with Crippen molar-refractivity contribution in [3.8, 4) is 0 Å². The second-order valence-corrected chi connectivity index (χ2v) is 10.1. The molecule has 0 saturated carbocycles. The van der Waals surface area contributed by atoms with Crippen LogP contribution in [0.1, 0.15) is 34.6 Å². The molecule has 2 heteroatoms. The maximum Gasteiger partial charge on any atom is 0.121 e. The fourth-order valence-corrected chi connectivity index (χ4v) is 7.58. The lowest BCUT2D eigenvalue weighted by atomic mass is 9.76. The standard InChI is InChI=1S/C15H23OP/c1-12-14(2,3)11-17(16,15(12,4)5)13-9-7-6-8-10-13/h6-10,12H,11H2,1-5H3. The molecule has 1 fully saturated rings. The monoisotopic (exact) mass is 250 g/mol. The molecule has 0 aromatic heterocycles. The highest BCUT2D eigenvalue weighted by Crippen LogP contribution is 2.71. The zero-order valence-corrected chi connectivity index (χ0v) is 12.4. The van der Waals surface area contributed by atoms with E-state index in [0.717, 1.165) is 11.5 Å². The van der Waals surface area contributed by atoms with E-state index in [1.807, 2.05) is 30.3 Å². The van der Waals surface area contributed by atoms with Gasteiger partial charge in [0, 0.05) is 16.6 Å². The normalized spacial score (nSPS) is 34.8. The van der Waals surface area contributed by atoms with E-state index in [-0.39, 0.29) is 10.6 Å². The summed E-state index contributed by atoms with van der Waals surface area (Å²) < 4.78 is 13.5. The lowest BCUT2D eigenvalue weighted by Crippen LogP contribution is -2.31. The van der Waals surface area contributed by atoms with Crippen molar-refractivity contribution >= 4 is 12.4 Å². The first-order valence-corrected chi connectivity index (χ1v) is 8.26. The lowest BCUT2D eigenvalue weighted by molar-refractivity contribution is 0.248. The number of benzene rings is 1. The molecule has 0 bridgehead atoms. The zero-order valence-electron chi connectivity index (χ0n) is 11.5. The van der Waals surface area contributed by atoms with E-state index in [1.165, 1.54) is 0 Å². The van der Waals surface area contributed by atoms with E-state index >= 15 is 0 Å². The highest BCUT2D eigenvalue weighted by molar-refractivity contribution is 7.73. The smallest absolute Gasteiger partial charge is 0.121 e. The fourth-order valence-electron chi connectivity index (χ4n) is 3.28. The number of rotatable bonds is 1. The van der Waals surface area contributed by atoms with Crippen LogP contribution in [0.25, 0.3) is 0 Å². The number of hydrogen-bond acceptors (Lipinski definition) is 1. The predicted molar refractivity (Wildman–Crippen MR) is 75.6 cm³/mol. The molecule has 1 heterocycles. The van der Waals surface area contributed by atoms with E-state index < -0.39 is 7.14 Å². The second kappa shape index (κ2) is 3.72. The van der Waals surface area contributed by atoms with Gasteiger partial charge in [-0.05, 0) is 11.3 Å². The highest BCUT2D eigenvalue weighted by atomic mass is 31.2. The SMILES string of the molecule is CC1C(C)(C)CP(=O)(c2ccccc2)C1(C)C. The van der Waals surface area contributed by atoms with Crippen LogP contribution in [0.2, 0.25) is 0 Å². The van der Waals surface area contributed by atoms with Gasteiger partial charge in [-0.1, -0.05) is 65.0 Å². The van der Waals surface area contributed by atoms with E-state index in [0.29, 0.717) is 5.92 Å². The largest absolute Gasteiger partial charge is 0.318 e. The summed E-state index contributed by atoms with van der Waals surface area (Å²) in [6.07, 6.45) is 0.832. The third-order valence-corrected chi connectivity index (χ3v) is 9.61. The zero-order chi connectivity index (χ0) is 12.9. The molecule has 94 valence electrons. The summed E-state index contributed by atoms with van der Waals surface area (Å²) in [7, 11) is -2.30. The van der Waals surface area contributed by atoms with Gasteiger partial charge in [-0.2, -0.15) is 0 Å². The molecular formula is C15H23OP. The molecule has 0 aliphatic carbocycles. The summed E-state index contributed by atoms with van der Waals surface area (Å²) in [5.41, 5.74) is 0.162. The van der Waals surface area contributed by atoms with Gasteiger partial charge in [0.05, 0.1) is 0 Å². The van der Waals surface area contributed by atoms with Gasteiger partial charge in [0.15, 0.2) is 0 Å². The average molecular weight is 250 g/mol. The van der Waals surface area contributed by atoms with E-state index in [1.54, 1.807) is 0 Å². The second-order valence-electron chi connectivity index (χ2n) is 6.60. The highest BCUT2D eigenvalue weighted by Gasteiger charge is 2.58. The molecule has 17 heavy (non-hydrogen) atoms. The first kappa shape index (κ1) is 12.9. The summed E-state index contributed by atoms with van der Waals surface area (Å²) in [5, 5.41) is 0.958. The van der Waals surface area contributed by atoms with Gasteiger partial charge in [0.1, 0.15) is 7.14 Å². The third kappa shape index (κ3) is 1.71. The molecule has 2 rings (SSSR count). The van der Waals surface area contributed by atoms with Crippen LogP contribution in [0.3, 0.4) is 0 Å². The lowest BCUT2D eigenvalue weighted by Gasteiger charge is -2.33. The van der Waals surface area contributed by atoms with Crippen molar-refractivity contribution in [3.63, 3.8) is 0 Å². The van der Waals surface area contributed by atoms with Gasteiger partial charge in [-0.15, -0.1) is 0 Å². The van der Waals surface area contributed by atoms with Crippen molar-refractivity contribution in [1.29, 1.82) is 0 Å². The Balaban J connectivity index is 2.57. The summed E-state index contributed by atoms with van der Waals surface area (Å²) in [4.78, 5) is 0. The van der Waals surface area contributed by atoms with Gasteiger partial charge < -0.3 is 4.57 Å². The molecule has 2 unspecified atom stereocenters. The molecule has 1 nitrogen and oxygen atoms in total. The molecule has 1 aromatic rings. The van der Waals surface area contributed by atoms with Crippen LogP contribution >= 0.6 is 7.14 Å². The molecule has 1 aliphatic rings. The van der Waals surface area contributed by atoms with E-state index in [2.05, 4.69) is 34.6 Å². The Hall–Kier alpha value is -0.550. The van der Waals surface area contributed by atoms with Crippen LogP contribution in [0.15, 0.2) is 30.3 Å². The van der Waals surface area contributed by atoms with E-state index in [9.17, 15) is 4.57 Å². The maximum absolute atomic E-state index is 13.5. The minimum Gasteiger partial charge on any atom is -0.318 e. The van der Waals surface area contributed by atoms with Crippen LogP contribution in [0.4, 0.5) is 0 Å². The van der Waals surface area contributed by atoms with Crippen LogP contribution < -0.4 is 5.30 Å². The van der Waals surface area contributed by atoms with Crippen molar-refractivity contribution in [3.05, 3.63) is 30.3 Å². The van der Waals surface area contributed by atoms with Gasteiger partial charge in [0.25, 0.3) is 0 Å². The number of hydrogen-bond donors (Lipinski definition) is 0. The predicted octanol–water partition coefficient (Wildman–Crippen LogP) is 4.13. The molecule has 0 amide bonds. The Bertz CT molecular complexity index is 459. The Morgan fingerprint density at radius 2 is 1.65 bits per heavy atom. The maximum atomic E-state index is 13.5. The van der Waals surface area contributed by atoms with Gasteiger partial charge in [-0.3, -0.25) is 0 Å². The fraction of sp³-hybridized carbons (Fsp3) is 0.600. The van der Waals surface area contributed by atoms with Gasteiger partial charge in [0.2, 0.25) is 0 Å². The summed E-state index contributed by atoms with van der Waals surface area (Å²) in [5.74, 6) is 0.473. The summed E-state index contributed by atoms with van der Waals surface area (Å²) >= 11 is 0. The van der Waals surface area contributed by atoms with Crippen molar-refractivity contribution < 1.29 is 4.57 Å². The van der Waals surface area contributed by atoms with Crippen molar-refractivity contribution in [2.75, 3.05) is 6.16 Å². The Morgan fingerprint density at radius 1 is 1.12 bits per heavy atom. The molecular weight excluding hydrogens is 227 g/mol. The topological polar surface area (TPSA) is 17.1 Å². The molecule has 0 spiro atoms. The summed E-state index contributed by atoms with van der Waals surface area (Å²) in [6.45, 7) is 11.1.